The average molecular weight is 213 g/mol. The van der Waals surface area contributed by atoms with Crippen molar-refractivity contribution in [3.05, 3.63) is 0 Å². The van der Waals surface area contributed by atoms with Gasteiger partial charge < -0.3 is 10.5 Å². The number of esters is 1. The summed E-state index contributed by atoms with van der Waals surface area (Å²) in [6.45, 7) is 4.46. The molecule has 0 spiro atoms. The molecule has 0 aromatic rings. The summed E-state index contributed by atoms with van der Waals surface area (Å²) in [6.07, 6.45) is 4.66. The van der Waals surface area contributed by atoms with E-state index in [1.54, 1.807) is 0 Å². The van der Waals surface area contributed by atoms with Crippen LogP contribution in [0.3, 0.4) is 0 Å². The molecule has 0 heterocycles. The molecule has 3 heteroatoms. The standard InChI is InChI=1S/C12H23NO2/c1-9(2)10-5-4-6-12(13,7-10)8-11(14)15-3/h9-10H,4-8,13H2,1-3H3. The van der Waals surface area contributed by atoms with E-state index in [1.165, 1.54) is 13.5 Å². The zero-order chi connectivity index (χ0) is 11.5. The molecule has 0 amide bonds. The fourth-order valence-corrected chi connectivity index (χ4v) is 2.53. The van der Waals surface area contributed by atoms with Crippen LogP contribution in [0.4, 0.5) is 0 Å². The van der Waals surface area contributed by atoms with Gasteiger partial charge in [0.1, 0.15) is 0 Å². The van der Waals surface area contributed by atoms with Crippen LogP contribution in [-0.4, -0.2) is 18.6 Å². The van der Waals surface area contributed by atoms with E-state index in [-0.39, 0.29) is 11.5 Å². The second kappa shape index (κ2) is 4.97. The van der Waals surface area contributed by atoms with E-state index in [4.69, 9.17) is 10.5 Å². The third kappa shape index (κ3) is 3.49. The van der Waals surface area contributed by atoms with Crippen molar-refractivity contribution >= 4 is 5.97 Å². The number of rotatable bonds is 3. The second-order valence-corrected chi connectivity index (χ2v) is 5.22. The molecule has 1 aliphatic rings. The predicted molar refractivity (Wildman–Crippen MR) is 60.3 cm³/mol. The Morgan fingerprint density at radius 2 is 2.27 bits per heavy atom. The molecule has 1 fully saturated rings. The Morgan fingerprint density at radius 3 is 2.80 bits per heavy atom. The third-order valence-corrected chi connectivity index (χ3v) is 3.59. The zero-order valence-corrected chi connectivity index (χ0v) is 10.1. The quantitative estimate of drug-likeness (QED) is 0.730. The highest BCUT2D eigenvalue weighted by Crippen LogP contribution is 2.36. The Kier molecular flexibility index (Phi) is 4.14. The minimum atomic E-state index is -0.319. The third-order valence-electron chi connectivity index (χ3n) is 3.59. The van der Waals surface area contributed by atoms with Gasteiger partial charge in [0.05, 0.1) is 13.5 Å². The first-order valence-electron chi connectivity index (χ1n) is 5.82. The van der Waals surface area contributed by atoms with Crippen molar-refractivity contribution in [2.75, 3.05) is 7.11 Å². The molecule has 1 rings (SSSR count). The van der Waals surface area contributed by atoms with Gasteiger partial charge in [-0.15, -0.1) is 0 Å². The van der Waals surface area contributed by atoms with Crippen LogP contribution < -0.4 is 5.73 Å². The van der Waals surface area contributed by atoms with Crippen LogP contribution in [0.2, 0.25) is 0 Å². The number of hydrogen-bond donors (Lipinski definition) is 1. The molecule has 2 atom stereocenters. The topological polar surface area (TPSA) is 52.3 Å². The number of hydrogen-bond acceptors (Lipinski definition) is 3. The summed E-state index contributed by atoms with van der Waals surface area (Å²) >= 11 is 0. The van der Waals surface area contributed by atoms with E-state index < -0.39 is 0 Å². The highest BCUT2D eigenvalue weighted by atomic mass is 16.5. The summed E-state index contributed by atoms with van der Waals surface area (Å²) in [7, 11) is 1.43. The fourth-order valence-electron chi connectivity index (χ4n) is 2.53. The van der Waals surface area contributed by atoms with Gasteiger partial charge in [0, 0.05) is 5.54 Å². The summed E-state index contributed by atoms with van der Waals surface area (Å²) in [5.41, 5.74) is 5.94. The Bertz CT molecular complexity index is 228. The number of ether oxygens (including phenoxy) is 1. The van der Waals surface area contributed by atoms with Crippen molar-refractivity contribution in [1.82, 2.24) is 0 Å². The van der Waals surface area contributed by atoms with Gasteiger partial charge in [0.25, 0.3) is 0 Å². The monoisotopic (exact) mass is 213 g/mol. The molecular weight excluding hydrogens is 190 g/mol. The zero-order valence-electron chi connectivity index (χ0n) is 10.1. The second-order valence-electron chi connectivity index (χ2n) is 5.22. The van der Waals surface area contributed by atoms with Crippen molar-refractivity contribution < 1.29 is 9.53 Å². The molecule has 0 saturated heterocycles. The van der Waals surface area contributed by atoms with Gasteiger partial charge >= 0.3 is 5.97 Å². The maximum Gasteiger partial charge on any atom is 0.307 e. The van der Waals surface area contributed by atoms with Crippen molar-refractivity contribution in [3.63, 3.8) is 0 Å². The molecule has 1 aliphatic carbocycles. The summed E-state index contributed by atoms with van der Waals surface area (Å²) in [4.78, 5) is 11.3. The Morgan fingerprint density at radius 1 is 1.60 bits per heavy atom. The van der Waals surface area contributed by atoms with Crippen molar-refractivity contribution in [2.24, 2.45) is 17.6 Å². The molecule has 3 nitrogen and oxygen atoms in total. The number of carbonyl (C=O) groups is 1. The summed E-state index contributed by atoms with van der Waals surface area (Å²) in [6, 6.07) is 0. The number of nitrogens with two attached hydrogens (primary N) is 1. The van der Waals surface area contributed by atoms with Gasteiger partial charge in [-0.1, -0.05) is 26.7 Å². The van der Waals surface area contributed by atoms with E-state index in [0.29, 0.717) is 18.3 Å². The van der Waals surface area contributed by atoms with Gasteiger partial charge in [-0.3, -0.25) is 4.79 Å². The van der Waals surface area contributed by atoms with Gasteiger partial charge in [-0.05, 0) is 24.7 Å². The number of carbonyl (C=O) groups excluding carboxylic acids is 1. The lowest BCUT2D eigenvalue weighted by molar-refractivity contribution is -0.142. The van der Waals surface area contributed by atoms with Crippen LogP contribution in [0, 0.1) is 11.8 Å². The molecule has 2 unspecified atom stereocenters. The average Bonchev–Trinajstić information content (AvgIpc) is 2.17. The SMILES string of the molecule is COC(=O)CC1(N)CCCC(C(C)C)C1. The molecule has 0 aromatic heterocycles. The van der Waals surface area contributed by atoms with Crippen LogP contribution in [0.5, 0.6) is 0 Å². The maximum atomic E-state index is 11.3. The van der Waals surface area contributed by atoms with Crippen LogP contribution in [-0.2, 0) is 9.53 Å². The first-order chi connectivity index (χ1) is 6.97. The van der Waals surface area contributed by atoms with Crippen molar-refractivity contribution in [2.45, 2.75) is 51.5 Å². The summed E-state index contributed by atoms with van der Waals surface area (Å²) in [5.74, 6) is 1.14. The molecular formula is C12H23NO2. The largest absolute Gasteiger partial charge is 0.469 e. The first-order valence-corrected chi connectivity index (χ1v) is 5.82. The maximum absolute atomic E-state index is 11.3. The highest BCUT2D eigenvalue weighted by Gasteiger charge is 2.35. The van der Waals surface area contributed by atoms with Crippen LogP contribution in [0.25, 0.3) is 0 Å². The van der Waals surface area contributed by atoms with Crippen LogP contribution in [0.1, 0.15) is 46.0 Å². The molecule has 0 bridgehead atoms. The van der Waals surface area contributed by atoms with Gasteiger partial charge in [0.2, 0.25) is 0 Å². The molecule has 0 radical (unpaired) electrons. The molecule has 2 N–H and O–H groups in total. The van der Waals surface area contributed by atoms with E-state index in [9.17, 15) is 4.79 Å². The highest BCUT2D eigenvalue weighted by molar-refractivity contribution is 5.70. The molecule has 15 heavy (non-hydrogen) atoms. The summed E-state index contributed by atoms with van der Waals surface area (Å²) in [5, 5.41) is 0. The van der Waals surface area contributed by atoms with Crippen LogP contribution in [0.15, 0.2) is 0 Å². The normalized spacial score (nSPS) is 31.7. The molecule has 0 aliphatic heterocycles. The van der Waals surface area contributed by atoms with Gasteiger partial charge in [0.15, 0.2) is 0 Å². The summed E-state index contributed by atoms with van der Waals surface area (Å²) < 4.78 is 4.69. The smallest absolute Gasteiger partial charge is 0.307 e. The predicted octanol–water partition coefficient (Wildman–Crippen LogP) is 2.09. The fraction of sp³-hybridized carbons (Fsp3) is 0.917. The van der Waals surface area contributed by atoms with E-state index >= 15 is 0 Å². The lowest BCUT2D eigenvalue weighted by Crippen LogP contribution is -2.47. The van der Waals surface area contributed by atoms with Gasteiger partial charge in [-0.25, -0.2) is 0 Å². The molecule has 1 saturated carbocycles. The first kappa shape index (κ1) is 12.5. The van der Waals surface area contributed by atoms with Gasteiger partial charge in [-0.2, -0.15) is 0 Å². The lowest BCUT2D eigenvalue weighted by Gasteiger charge is -2.39. The Labute approximate surface area is 92.4 Å². The Hall–Kier alpha value is -0.570. The van der Waals surface area contributed by atoms with E-state index in [1.807, 2.05) is 0 Å². The minimum absolute atomic E-state index is 0.179. The van der Waals surface area contributed by atoms with Crippen LogP contribution >= 0.6 is 0 Å². The minimum Gasteiger partial charge on any atom is -0.469 e. The van der Waals surface area contributed by atoms with Crippen molar-refractivity contribution in [1.29, 1.82) is 0 Å². The molecule has 88 valence electrons. The van der Waals surface area contributed by atoms with Crippen molar-refractivity contribution in [3.8, 4) is 0 Å². The van der Waals surface area contributed by atoms with E-state index in [2.05, 4.69) is 13.8 Å². The number of methoxy groups -OCH3 is 1. The van der Waals surface area contributed by atoms with E-state index in [0.717, 1.165) is 19.3 Å². The molecule has 0 aromatic carbocycles. The lowest BCUT2D eigenvalue weighted by atomic mass is 9.71. The Balaban J connectivity index is 2.56.